The van der Waals surface area contributed by atoms with Crippen LogP contribution in [0.3, 0.4) is 0 Å². The number of hydrogen-bond acceptors (Lipinski definition) is 8. The lowest BCUT2D eigenvalue weighted by molar-refractivity contribution is 0.122. The topological polar surface area (TPSA) is 109 Å². The van der Waals surface area contributed by atoms with Crippen LogP contribution in [-0.2, 0) is 4.74 Å². The minimum Gasteiger partial charge on any atom is -0.378 e. The van der Waals surface area contributed by atoms with Crippen LogP contribution < -0.4 is 10.2 Å². The zero-order chi connectivity index (χ0) is 20.6. The number of nitrogens with zero attached hydrogens (tertiary/aromatic N) is 7. The van der Waals surface area contributed by atoms with Crippen LogP contribution in [0.1, 0.15) is 0 Å². The molecule has 1 aliphatic heterocycles. The minimum absolute atomic E-state index is 0.612. The van der Waals surface area contributed by atoms with Crippen molar-refractivity contribution in [3.8, 4) is 11.3 Å². The van der Waals surface area contributed by atoms with Gasteiger partial charge in [-0.1, -0.05) is 12.1 Å². The Morgan fingerprint density at radius 3 is 2.87 bits per heavy atom. The smallest absolute Gasteiger partial charge is 0.203 e. The average molecular weight is 413 g/mol. The molecule has 0 saturated carbocycles. The Kier molecular flexibility index (Phi) is 4.20. The first kappa shape index (κ1) is 17.8. The van der Waals surface area contributed by atoms with Crippen molar-refractivity contribution in [2.45, 2.75) is 0 Å². The fourth-order valence-corrected chi connectivity index (χ4v) is 3.73. The summed E-state index contributed by atoms with van der Waals surface area (Å²) in [5.41, 5.74) is 4.19. The second-order valence-corrected chi connectivity index (χ2v) is 7.34. The molecule has 0 aliphatic carbocycles. The first-order chi connectivity index (χ1) is 15.3. The molecule has 10 nitrogen and oxygen atoms in total. The maximum absolute atomic E-state index is 5.41. The van der Waals surface area contributed by atoms with E-state index in [1.807, 2.05) is 47.1 Å². The summed E-state index contributed by atoms with van der Waals surface area (Å²) >= 11 is 0. The van der Waals surface area contributed by atoms with E-state index in [9.17, 15) is 0 Å². The Morgan fingerprint density at radius 2 is 2.00 bits per heavy atom. The first-order valence-electron chi connectivity index (χ1n) is 10.0. The highest BCUT2D eigenvalue weighted by molar-refractivity contribution is 5.83. The second kappa shape index (κ2) is 7.33. The van der Waals surface area contributed by atoms with Gasteiger partial charge in [-0.3, -0.25) is 9.50 Å². The second-order valence-electron chi connectivity index (χ2n) is 7.34. The molecule has 6 rings (SSSR count). The van der Waals surface area contributed by atoms with E-state index in [1.54, 1.807) is 12.5 Å². The maximum Gasteiger partial charge on any atom is 0.203 e. The van der Waals surface area contributed by atoms with E-state index in [0.717, 1.165) is 60.0 Å². The fraction of sp³-hybridized carbons (Fsp3) is 0.190. The number of aromatic nitrogens is 7. The van der Waals surface area contributed by atoms with Gasteiger partial charge in [0.25, 0.3) is 0 Å². The molecule has 1 aromatic carbocycles. The van der Waals surface area contributed by atoms with Crippen LogP contribution in [0.5, 0.6) is 0 Å². The number of rotatable bonds is 4. The molecule has 5 aromatic rings. The average Bonchev–Trinajstić information content (AvgIpc) is 3.49. The van der Waals surface area contributed by atoms with Gasteiger partial charge in [0.05, 0.1) is 42.5 Å². The van der Waals surface area contributed by atoms with Crippen molar-refractivity contribution in [3.63, 3.8) is 0 Å². The molecule has 154 valence electrons. The third kappa shape index (κ3) is 3.32. The molecule has 0 unspecified atom stereocenters. The molecular formula is C21H19N9O. The Labute approximate surface area is 176 Å². The zero-order valence-electron chi connectivity index (χ0n) is 16.6. The number of nitrogens with one attached hydrogen (secondary N) is 2. The van der Waals surface area contributed by atoms with E-state index in [1.165, 1.54) is 0 Å². The molecule has 31 heavy (non-hydrogen) atoms. The molecule has 1 fully saturated rings. The third-order valence-electron chi connectivity index (χ3n) is 5.36. The van der Waals surface area contributed by atoms with E-state index in [4.69, 9.17) is 9.72 Å². The molecule has 4 aromatic heterocycles. The van der Waals surface area contributed by atoms with Crippen LogP contribution in [0.2, 0.25) is 0 Å². The van der Waals surface area contributed by atoms with Gasteiger partial charge in [-0.15, -0.1) is 10.2 Å². The summed E-state index contributed by atoms with van der Waals surface area (Å²) in [6.45, 7) is 3.16. The van der Waals surface area contributed by atoms with E-state index < -0.39 is 0 Å². The fourth-order valence-electron chi connectivity index (χ4n) is 3.73. The summed E-state index contributed by atoms with van der Waals surface area (Å²) in [5.74, 6) is 1.55. The number of aromatic amines is 1. The lowest BCUT2D eigenvalue weighted by atomic mass is 10.1. The summed E-state index contributed by atoms with van der Waals surface area (Å²) in [7, 11) is 0. The van der Waals surface area contributed by atoms with Crippen LogP contribution in [0.25, 0.3) is 27.8 Å². The summed E-state index contributed by atoms with van der Waals surface area (Å²) in [5, 5.41) is 19.7. The van der Waals surface area contributed by atoms with Gasteiger partial charge in [0.15, 0.2) is 5.82 Å². The van der Waals surface area contributed by atoms with E-state index in [2.05, 4.69) is 35.6 Å². The number of anilines is 3. The highest BCUT2D eigenvalue weighted by Crippen LogP contribution is 2.26. The lowest BCUT2D eigenvalue weighted by Gasteiger charge is -2.27. The molecular weight excluding hydrogens is 394 g/mol. The lowest BCUT2D eigenvalue weighted by Crippen LogP contribution is -2.36. The van der Waals surface area contributed by atoms with Gasteiger partial charge in [-0.05, 0) is 18.2 Å². The minimum atomic E-state index is 0.612. The highest BCUT2D eigenvalue weighted by Gasteiger charge is 2.14. The molecule has 1 saturated heterocycles. The molecule has 0 bridgehead atoms. The van der Waals surface area contributed by atoms with E-state index in [-0.39, 0.29) is 0 Å². The number of benzene rings is 1. The van der Waals surface area contributed by atoms with Crippen LogP contribution in [0, 0.1) is 0 Å². The third-order valence-corrected chi connectivity index (χ3v) is 5.36. The summed E-state index contributed by atoms with van der Waals surface area (Å²) in [4.78, 5) is 11.6. The predicted molar refractivity (Wildman–Crippen MR) is 116 cm³/mol. The first-order valence-corrected chi connectivity index (χ1v) is 10.0. The standard InChI is InChI=1S/C21H19N9O/c1-2-15-10-23-27-17(15)9-14(1)18-12-30-13-24-28-21(30)20(26-18)25-16-3-4-19(22-11-16)29-5-7-31-8-6-29/h1-4,9-13H,5-8H2,(H,23,27)(H,25,26). The number of H-pyrrole nitrogens is 1. The number of pyridine rings is 1. The number of ether oxygens (including phenoxy) is 1. The van der Waals surface area contributed by atoms with Crippen molar-refractivity contribution in [1.82, 2.24) is 34.8 Å². The van der Waals surface area contributed by atoms with Crippen molar-refractivity contribution in [2.75, 3.05) is 36.5 Å². The summed E-state index contributed by atoms with van der Waals surface area (Å²) in [6.07, 6.45) is 7.19. The largest absolute Gasteiger partial charge is 0.378 e. The van der Waals surface area contributed by atoms with Crippen molar-refractivity contribution < 1.29 is 4.74 Å². The van der Waals surface area contributed by atoms with Crippen molar-refractivity contribution in [3.05, 3.63) is 55.2 Å². The van der Waals surface area contributed by atoms with Crippen LogP contribution in [-0.4, -0.2) is 61.1 Å². The van der Waals surface area contributed by atoms with Gasteiger partial charge < -0.3 is 15.0 Å². The number of fused-ring (bicyclic) bond motifs is 2. The van der Waals surface area contributed by atoms with Crippen molar-refractivity contribution in [1.29, 1.82) is 0 Å². The summed E-state index contributed by atoms with van der Waals surface area (Å²) < 4.78 is 7.27. The highest BCUT2D eigenvalue weighted by atomic mass is 16.5. The molecule has 0 amide bonds. The van der Waals surface area contributed by atoms with Gasteiger partial charge >= 0.3 is 0 Å². The summed E-state index contributed by atoms with van der Waals surface area (Å²) in [6, 6.07) is 10.1. The van der Waals surface area contributed by atoms with E-state index in [0.29, 0.717) is 11.5 Å². The molecule has 10 heteroatoms. The van der Waals surface area contributed by atoms with Crippen LogP contribution in [0.15, 0.2) is 55.2 Å². The molecule has 1 aliphatic rings. The zero-order valence-corrected chi connectivity index (χ0v) is 16.6. The van der Waals surface area contributed by atoms with Gasteiger partial charge in [-0.2, -0.15) is 5.10 Å². The van der Waals surface area contributed by atoms with Gasteiger partial charge in [0, 0.05) is 30.2 Å². The quantitative estimate of drug-likeness (QED) is 0.463. The molecule has 2 N–H and O–H groups in total. The Morgan fingerprint density at radius 1 is 1.06 bits per heavy atom. The molecule has 0 spiro atoms. The van der Waals surface area contributed by atoms with Gasteiger partial charge in [0.2, 0.25) is 5.65 Å². The monoisotopic (exact) mass is 413 g/mol. The predicted octanol–water partition coefficient (Wildman–Crippen LogP) is 2.64. The van der Waals surface area contributed by atoms with Gasteiger partial charge in [0.1, 0.15) is 12.1 Å². The normalized spacial score (nSPS) is 14.4. The van der Waals surface area contributed by atoms with Crippen molar-refractivity contribution >= 4 is 33.9 Å². The van der Waals surface area contributed by atoms with Gasteiger partial charge in [-0.25, -0.2) is 9.97 Å². The number of morpholine rings is 1. The van der Waals surface area contributed by atoms with Crippen LogP contribution >= 0.6 is 0 Å². The van der Waals surface area contributed by atoms with Crippen LogP contribution in [0.4, 0.5) is 17.3 Å². The van der Waals surface area contributed by atoms with Crippen molar-refractivity contribution in [2.24, 2.45) is 0 Å². The Hall–Kier alpha value is -4.05. The SMILES string of the molecule is c1cc(N2CCOCC2)ncc1Nc1nc(-c2ccc3cn[nH]c3c2)cn2cnnc12. The Bertz CT molecular complexity index is 1350. The van der Waals surface area contributed by atoms with E-state index >= 15 is 0 Å². The number of hydrogen-bond donors (Lipinski definition) is 2. The maximum atomic E-state index is 5.41. The Balaban J connectivity index is 1.33. The molecule has 0 atom stereocenters. The molecule has 0 radical (unpaired) electrons. The molecule has 5 heterocycles.